The smallest absolute Gasteiger partial charge is 0.325 e. The standard InChI is InChI=1S/C18H13F3N2O6/c19-10-2-3-11(17(21)16(10)20)23-14(24)7-27-15(25)6-22-18(26)9-1-4-12-13(5-9)29-8-28-12/h1-5H,6-8H2,(H,22,26)(H,23,24). The van der Waals surface area contributed by atoms with Gasteiger partial charge in [0.2, 0.25) is 6.79 Å². The lowest BCUT2D eigenvalue weighted by molar-refractivity contribution is -0.146. The summed E-state index contributed by atoms with van der Waals surface area (Å²) < 4.78 is 54.3. The fourth-order valence-electron chi connectivity index (χ4n) is 2.30. The molecule has 29 heavy (non-hydrogen) atoms. The van der Waals surface area contributed by atoms with Gasteiger partial charge in [-0.2, -0.15) is 0 Å². The number of amides is 2. The monoisotopic (exact) mass is 410 g/mol. The van der Waals surface area contributed by atoms with Crippen molar-refractivity contribution < 1.29 is 41.8 Å². The van der Waals surface area contributed by atoms with Crippen molar-refractivity contribution in [2.75, 3.05) is 25.3 Å². The van der Waals surface area contributed by atoms with E-state index in [4.69, 9.17) is 9.47 Å². The van der Waals surface area contributed by atoms with Gasteiger partial charge in [0.1, 0.15) is 6.54 Å². The number of anilines is 1. The third-order valence-electron chi connectivity index (χ3n) is 3.70. The van der Waals surface area contributed by atoms with Crippen LogP contribution in [0.15, 0.2) is 30.3 Å². The number of halogens is 3. The van der Waals surface area contributed by atoms with Crippen molar-refractivity contribution in [2.24, 2.45) is 0 Å². The Kier molecular flexibility index (Phi) is 5.86. The molecule has 8 nitrogen and oxygen atoms in total. The van der Waals surface area contributed by atoms with Crippen LogP contribution in [0.5, 0.6) is 11.5 Å². The fourth-order valence-corrected chi connectivity index (χ4v) is 2.30. The van der Waals surface area contributed by atoms with Gasteiger partial charge in [-0.25, -0.2) is 13.2 Å². The maximum Gasteiger partial charge on any atom is 0.325 e. The number of nitrogens with one attached hydrogen (secondary N) is 2. The Morgan fingerprint density at radius 2 is 1.76 bits per heavy atom. The van der Waals surface area contributed by atoms with Crippen molar-refractivity contribution in [3.05, 3.63) is 53.3 Å². The van der Waals surface area contributed by atoms with Crippen molar-refractivity contribution in [1.29, 1.82) is 0 Å². The molecule has 152 valence electrons. The van der Waals surface area contributed by atoms with E-state index in [0.717, 1.165) is 6.07 Å². The predicted octanol–water partition coefficient (Wildman–Crippen LogP) is 1.74. The lowest BCUT2D eigenvalue weighted by Gasteiger charge is -2.09. The van der Waals surface area contributed by atoms with Gasteiger partial charge in [0, 0.05) is 5.56 Å². The number of hydrogen-bond acceptors (Lipinski definition) is 6. The minimum atomic E-state index is -1.74. The highest BCUT2D eigenvalue weighted by Gasteiger charge is 2.18. The Labute approximate surface area is 161 Å². The minimum absolute atomic E-state index is 0.0449. The molecule has 3 rings (SSSR count). The zero-order valence-electron chi connectivity index (χ0n) is 14.6. The maximum absolute atomic E-state index is 13.5. The summed E-state index contributed by atoms with van der Waals surface area (Å²) in [6.07, 6.45) is 0. The number of rotatable bonds is 6. The second-order valence-electron chi connectivity index (χ2n) is 5.68. The highest BCUT2D eigenvalue weighted by Crippen LogP contribution is 2.32. The minimum Gasteiger partial charge on any atom is -0.454 e. The molecular formula is C18H13F3N2O6. The van der Waals surface area contributed by atoms with Crippen LogP contribution in [0.1, 0.15) is 10.4 Å². The van der Waals surface area contributed by atoms with E-state index in [-0.39, 0.29) is 12.4 Å². The number of ether oxygens (including phenoxy) is 3. The zero-order chi connectivity index (χ0) is 21.0. The van der Waals surface area contributed by atoms with Crippen LogP contribution in [0.25, 0.3) is 0 Å². The van der Waals surface area contributed by atoms with Gasteiger partial charge in [0.15, 0.2) is 35.6 Å². The molecule has 0 radical (unpaired) electrons. The van der Waals surface area contributed by atoms with Crippen molar-refractivity contribution in [3.63, 3.8) is 0 Å². The van der Waals surface area contributed by atoms with Crippen LogP contribution in [-0.4, -0.2) is 37.7 Å². The first-order valence-corrected chi connectivity index (χ1v) is 8.12. The average molecular weight is 410 g/mol. The molecule has 11 heteroatoms. The van der Waals surface area contributed by atoms with Crippen LogP contribution >= 0.6 is 0 Å². The molecule has 1 aliphatic heterocycles. The van der Waals surface area contributed by atoms with Crippen LogP contribution in [0, 0.1) is 17.5 Å². The summed E-state index contributed by atoms with van der Waals surface area (Å²) in [4.78, 5) is 35.3. The Morgan fingerprint density at radius 1 is 1.00 bits per heavy atom. The van der Waals surface area contributed by atoms with Gasteiger partial charge in [0.25, 0.3) is 11.8 Å². The Morgan fingerprint density at radius 3 is 2.55 bits per heavy atom. The third-order valence-corrected chi connectivity index (χ3v) is 3.70. The predicted molar refractivity (Wildman–Crippen MR) is 90.8 cm³/mol. The molecular weight excluding hydrogens is 397 g/mol. The van der Waals surface area contributed by atoms with E-state index in [1.54, 1.807) is 0 Å². The van der Waals surface area contributed by atoms with E-state index in [9.17, 15) is 27.6 Å². The number of carbonyl (C=O) groups excluding carboxylic acids is 3. The first-order valence-electron chi connectivity index (χ1n) is 8.12. The van der Waals surface area contributed by atoms with Crippen LogP contribution in [0.3, 0.4) is 0 Å². The number of benzene rings is 2. The maximum atomic E-state index is 13.5. The van der Waals surface area contributed by atoms with Crippen molar-refractivity contribution in [1.82, 2.24) is 5.32 Å². The van der Waals surface area contributed by atoms with Crippen molar-refractivity contribution in [3.8, 4) is 11.5 Å². The van der Waals surface area contributed by atoms with Crippen molar-refractivity contribution >= 4 is 23.5 Å². The van der Waals surface area contributed by atoms with E-state index < -0.39 is 54.1 Å². The second kappa shape index (κ2) is 8.50. The third kappa shape index (κ3) is 4.75. The summed E-state index contributed by atoms with van der Waals surface area (Å²) in [7, 11) is 0. The largest absolute Gasteiger partial charge is 0.454 e. The topological polar surface area (TPSA) is 103 Å². The molecule has 0 saturated carbocycles. The number of carbonyl (C=O) groups is 3. The van der Waals surface area contributed by atoms with E-state index in [0.29, 0.717) is 17.6 Å². The Balaban J connectivity index is 1.44. The van der Waals surface area contributed by atoms with E-state index in [1.807, 2.05) is 5.32 Å². The summed E-state index contributed by atoms with van der Waals surface area (Å²) in [5, 5.41) is 4.23. The SMILES string of the molecule is O=C(COC(=O)CNC(=O)c1ccc2c(c1)OCO2)Nc1ccc(F)c(F)c1F. The van der Waals surface area contributed by atoms with Crippen LogP contribution in [0.4, 0.5) is 18.9 Å². The molecule has 0 aromatic heterocycles. The Hall–Kier alpha value is -3.76. The average Bonchev–Trinajstić information content (AvgIpc) is 3.18. The van der Waals surface area contributed by atoms with E-state index in [2.05, 4.69) is 10.1 Å². The lowest BCUT2D eigenvalue weighted by atomic mass is 10.2. The van der Waals surface area contributed by atoms with Gasteiger partial charge in [-0.05, 0) is 30.3 Å². The van der Waals surface area contributed by atoms with Crippen LogP contribution < -0.4 is 20.1 Å². The number of hydrogen-bond donors (Lipinski definition) is 2. The first-order chi connectivity index (χ1) is 13.8. The highest BCUT2D eigenvalue weighted by atomic mass is 19.2. The summed E-state index contributed by atoms with van der Waals surface area (Å²) in [5.74, 6) is -6.37. The fraction of sp³-hybridized carbons (Fsp3) is 0.167. The molecule has 1 heterocycles. The number of fused-ring (bicyclic) bond motifs is 1. The molecule has 0 fully saturated rings. The van der Waals surface area contributed by atoms with Crippen LogP contribution in [-0.2, 0) is 14.3 Å². The summed E-state index contributed by atoms with van der Waals surface area (Å²) in [6.45, 7) is -1.32. The highest BCUT2D eigenvalue weighted by molar-refractivity contribution is 5.97. The summed E-state index contributed by atoms with van der Waals surface area (Å²) >= 11 is 0. The molecule has 0 aliphatic carbocycles. The van der Waals surface area contributed by atoms with Gasteiger partial charge in [-0.3, -0.25) is 14.4 Å². The molecule has 2 aromatic carbocycles. The molecule has 0 spiro atoms. The van der Waals surface area contributed by atoms with Gasteiger partial charge >= 0.3 is 5.97 Å². The molecule has 2 aromatic rings. The van der Waals surface area contributed by atoms with Gasteiger partial charge in [0.05, 0.1) is 5.69 Å². The molecule has 2 amide bonds. The first kappa shape index (κ1) is 20.0. The van der Waals surface area contributed by atoms with E-state index in [1.165, 1.54) is 18.2 Å². The lowest BCUT2D eigenvalue weighted by Crippen LogP contribution is -2.32. The molecule has 0 saturated heterocycles. The molecule has 0 unspecified atom stereocenters. The van der Waals surface area contributed by atoms with Gasteiger partial charge in [-0.1, -0.05) is 0 Å². The Bertz CT molecular complexity index is 982. The zero-order valence-corrected chi connectivity index (χ0v) is 14.6. The molecule has 0 bridgehead atoms. The quantitative estimate of drug-likeness (QED) is 0.556. The van der Waals surface area contributed by atoms with E-state index >= 15 is 0 Å². The second-order valence-corrected chi connectivity index (χ2v) is 5.68. The van der Waals surface area contributed by atoms with Gasteiger partial charge < -0.3 is 24.8 Å². The number of esters is 1. The van der Waals surface area contributed by atoms with Crippen molar-refractivity contribution in [2.45, 2.75) is 0 Å². The summed E-state index contributed by atoms with van der Waals surface area (Å²) in [5.41, 5.74) is -0.394. The normalized spacial score (nSPS) is 11.7. The summed E-state index contributed by atoms with van der Waals surface area (Å²) in [6, 6.07) is 5.90. The molecule has 0 atom stereocenters. The molecule has 2 N–H and O–H groups in total. The van der Waals surface area contributed by atoms with Gasteiger partial charge in [-0.15, -0.1) is 0 Å². The molecule has 1 aliphatic rings. The van der Waals surface area contributed by atoms with Crippen LogP contribution in [0.2, 0.25) is 0 Å².